The number of amides is 6. The maximum Gasteiger partial charge on any atom is 0.337 e. The van der Waals surface area contributed by atoms with Crippen LogP contribution in [0.4, 0.5) is 0 Å². The van der Waals surface area contributed by atoms with Gasteiger partial charge in [-0.25, -0.2) is 9.59 Å². The second-order valence-corrected chi connectivity index (χ2v) is 17.0. The summed E-state index contributed by atoms with van der Waals surface area (Å²) in [5.41, 5.74) is 4.57. The summed E-state index contributed by atoms with van der Waals surface area (Å²) < 4.78 is 4.62. The number of hydrogen-bond acceptors (Lipinski definition) is 10. The predicted molar refractivity (Wildman–Crippen MR) is 215 cm³/mol. The highest BCUT2D eigenvalue weighted by Gasteiger charge is 2.44. The van der Waals surface area contributed by atoms with Crippen molar-refractivity contribution in [3.8, 4) is 0 Å². The summed E-state index contributed by atoms with van der Waals surface area (Å²) in [4.78, 5) is 111. The molecule has 17 nitrogen and oxygen atoms in total. The fourth-order valence-corrected chi connectivity index (χ4v) is 8.31. The van der Waals surface area contributed by atoms with Gasteiger partial charge in [0.15, 0.2) is 0 Å². The van der Waals surface area contributed by atoms with E-state index in [1.54, 1.807) is 20.8 Å². The van der Waals surface area contributed by atoms with Crippen molar-refractivity contribution in [3.63, 3.8) is 0 Å². The second kappa shape index (κ2) is 21.6. The van der Waals surface area contributed by atoms with Crippen LogP contribution in [-0.4, -0.2) is 106 Å². The number of allylic oxidation sites excluding steroid dienone is 1. The zero-order chi connectivity index (χ0) is 43.3. The number of carbonyl (C=O) groups is 8. The average Bonchev–Trinajstić information content (AvgIpc) is 3.72. The van der Waals surface area contributed by atoms with Gasteiger partial charge in [-0.1, -0.05) is 65.4 Å². The van der Waals surface area contributed by atoms with E-state index in [1.165, 1.54) is 24.2 Å². The number of primary amides is 1. The summed E-state index contributed by atoms with van der Waals surface area (Å²) in [5, 5.41) is 20.7. The number of likely N-dealkylation sites (tertiary alicyclic amines) is 1. The molecule has 1 aromatic rings. The van der Waals surface area contributed by atoms with Crippen LogP contribution in [0.3, 0.4) is 0 Å². The maximum atomic E-state index is 14.5. The standard InChI is InChI=1S/C42H61N7O10/c1-42(2,3)34(48-37(53)29(18-11-12-20-31(50)59-4)45-36(52)27-22-28(41(57)58)24-44-23-27)40(56)49-21-13-19-30(49)38(54)47-33(26-16-9-6-10-17-26)39(55)46-32(35(43)51)25-14-7-5-8-15-25/h12,20,22-26,29-30,32-34H,5-11,13-19,21H2,1-4H3,(H2,43,51)(H,45,52)(H,46,55)(H,47,54)(H,48,53)(H,57,58)/b20-12+/t29-,30-,32-,33?,34?/m0/s1. The van der Waals surface area contributed by atoms with E-state index in [9.17, 15) is 43.5 Å². The molecule has 59 heavy (non-hydrogen) atoms. The summed E-state index contributed by atoms with van der Waals surface area (Å²) >= 11 is 0. The highest BCUT2D eigenvalue weighted by molar-refractivity contribution is 6.00. The highest BCUT2D eigenvalue weighted by atomic mass is 16.5. The summed E-state index contributed by atoms with van der Waals surface area (Å²) in [6, 6.07) is -4.03. The van der Waals surface area contributed by atoms with Gasteiger partial charge >= 0.3 is 11.9 Å². The van der Waals surface area contributed by atoms with Crippen molar-refractivity contribution in [2.75, 3.05) is 13.7 Å². The molecular formula is C42H61N7O10. The number of esters is 1. The molecule has 5 atom stereocenters. The number of hydrogen-bond donors (Lipinski definition) is 6. The lowest BCUT2D eigenvalue weighted by atomic mass is 9.81. The normalized spacial score (nSPS) is 19.8. The third-order valence-electron chi connectivity index (χ3n) is 11.6. The molecule has 2 unspecified atom stereocenters. The number of carboxylic acids is 1. The van der Waals surface area contributed by atoms with Gasteiger partial charge in [-0.15, -0.1) is 0 Å². The number of aromatic carboxylic acids is 1. The number of nitrogens with two attached hydrogens (primary N) is 1. The molecule has 0 spiro atoms. The molecule has 3 fully saturated rings. The number of carboxylic acid groups (broad SMARTS) is 1. The van der Waals surface area contributed by atoms with Gasteiger partial charge in [0.25, 0.3) is 5.91 Å². The number of methoxy groups -OCH3 is 1. The molecule has 4 rings (SSSR count). The molecule has 3 aliphatic rings. The highest BCUT2D eigenvalue weighted by Crippen LogP contribution is 2.30. The molecule has 1 saturated heterocycles. The monoisotopic (exact) mass is 823 g/mol. The van der Waals surface area contributed by atoms with Crippen LogP contribution in [0.5, 0.6) is 0 Å². The Morgan fingerprint density at radius 2 is 1.44 bits per heavy atom. The molecule has 0 radical (unpaired) electrons. The van der Waals surface area contributed by atoms with E-state index in [2.05, 4.69) is 31.0 Å². The Hall–Kier alpha value is -5.35. The SMILES string of the molecule is COC(=O)/C=C/CC[C@H](NC(=O)c1cncc(C(=O)O)c1)C(=O)NC(C(=O)N1CCC[C@H]1C(=O)NC(C(=O)N[C@H](C(N)=O)C1CCCCC1)C1CCCCC1)C(C)(C)C. The first kappa shape index (κ1) is 46.3. The first-order chi connectivity index (χ1) is 28.0. The molecule has 17 heteroatoms. The number of nitrogens with one attached hydrogen (secondary N) is 4. The molecule has 1 aromatic heterocycles. The minimum Gasteiger partial charge on any atom is -0.478 e. The molecule has 0 aromatic carbocycles. The quantitative estimate of drug-likeness (QED) is 0.0983. The van der Waals surface area contributed by atoms with Crippen LogP contribution < -0.4 is 27.0 Å². The van der Waals surface area contributed by atoms with E-state index in [-0.39, 0.29) is 42.3 Å². The Kier molecular flexibility index (Phi) is 17.0. The molecule has 2 saturated carbocycles. The van der Waals surface area contributed by atoms with Crippen LogP contribution in [-0.2, 0) is 33.5 Å². The molecule has 7 N–H and O–H groups in total. The zero-order valence-electron chi connectivity index (χ0n) is 34.6. The first-order valence-electron chi connectivity index (χ1n) is 20.8. The van der Waals surface area contributed by atoms with Gasteiger partial charge < -0.3 is 41.7 Å². The van der Waals surface area contributed by atoms with Crippen molar-refractivity contribution in [2.24, 2.45) is 23.0 Å². The van der Waals surface area contributed by atoms with E-state index in [0.29, 0.717) is 25.7 Å². The van der Waals surface area contributed by atoms with Gasteiger partial charge in [0.1, 0.15) is 30.2 Å². The number of pyridine rings is 1. The van der Waals surface area contributed by atoms with Gasteiger partial charge in [0.2, 0.25) is 29.5 Å². The Morgan fingerprint density at radius 1 is 0.831 bits per heavy atom. The number of ether oxygens (including phenoxy) is 1. The van der Waals surface area contributed by atoms with Crippen molar-refractivity contribution in [1.82, 2.24) is 31.2 Å². The average molecular weight is 824 g/mol. The van der Waals surface area contributed by atoms with Gasteiger partial charge in [-0.05, 0) is 74.7 Å². The van der Waals surface area contributed by atoms with Gasteiger partial charge in [-0.2, -0.15) is 0 Å². The number of rotatable bonds is 17. The number of nitrogens with zero attached hydrogens (tertiary/aromatic N) is 2. The van der Waals surface area contributed by atoms with Crippen LogP contribution in [0.15, 0.2) is 30.6 Å². The molecule has 0 bridgehead atoms. The summed E-state index contributed by atoms with van der Waals surface area (Å²) in [5.74, 6) is -5.77. The van der Waals surface area contributed by atoms with Crippen LogP contribution in [0.2, 0.25) is 0 Å². The Morgan fingerprint density at radius 3 is 2.02 bits per heavy atom. The first-order valence-corrected chi connectivity index (χ1v) is 20.8. The van der Waals surface area contributed by atoms with Crippen molar-refractivity contribution in [2.45, 2.75) is 141 Å². The molecule has 2 heterocycles. The van der Waals surface area contributed by atoms with Gasteiger partial charge in [-0.3, -0.25) is 33.8 Å². The van der Waals surface area contributed by atoms with Crippen molar-refractivity contribution in [1.29, 1.82) is 0 Å². The number of carbonyl (C=O) groups excluding carboxylic acids is 7. The summed E-state index contributed by atoms with van der Waals surface area (Å²) in [6.45, 7) is 5.47. The predicted octanol–water partition coefficient (Wildman–Crippen LogP) is 2.53. The minimum atomic E-state index is -1.30. The number of aromatic nitrogens is 1. The largest absolute Gasteiger partial charge is 0.478 e. The van der Waals surface area contributed by atoms with Gasteiger partial charge in [0.05, 0.1) is 18.2 Å². The molecule has 6 amide bonds. The second-order valence-electron chi connectivity index (χ2n) is 17.0. The topological polar surface area (TPSA) is 256 Å². The van der Waals surface area contributed by atoms with E-state index in [4.69, 9.17) is 5.73 Å². The third kappa shape index (κ3) is 13.1. The Labute approximate surface area is 345 Å². The summed E-state index contributed by atoms with van der Waals surface area (Å²) in [7, 11) is 1.21. The van der Waals surface area contributed by atoms with Crippen LogP contribution >= 0.6 is 0 Å². The van der Waals surface area contributed by atoms with E-state index < -0.39 is 83.0 Å². The minimum absolute atomic E-state index is 0.0150. The van der Waals surface area contributed by atoms with Crippen LogP contribution in [0, 0.1) is 17.3 Å². The van der Waals surface area contributed by atoms with Gasteiger partial charge in [0, 0.05) is 25.0 Å². The van der Waals surface area contributed by atoms with E-state index in [1.807, 2.05) is 0 Å². The van der Waals surface area contributed by atoms with Crippen molar-refractivity contribution < 1.29 is 48.2 Å². The van der Waals surface area contributed by atoms with Crippen LogP contribution in [0.1, 0.15) is 131 Å². The maximum absolute atomic E-state index is 14.5. The zero-order valence-corrected chi connectivity index (χ0v) is 34.6. The Balaban J connectivity index is 1.53. The lowest BCUT2D eigenvalue weighted by molar-refractivity contribution is -0.145. The lowest BCUT2D eigenvalue weighted by Gasteiger charge is -2.37. The third-order valence-corrected chi connectivity index (χ3v) is 11.6. The fourth-order valence-electron chi connectivity index (χ4n) is 8.31. The van der Waals surface area contributed by atoms with Crippen LogP contribution in [0.25, 0.3) is 0 Å². The van der Waals surface area contributed by atoms with E-state index in [0.717, 1.165) is 69.8 Å². The summed E-state index contributed by atoms with van der Waals surface area (Å²) in [6.07, 6.45) is 14.5. The Bertz CT molecular complexity index is 1730. The molecule has 1 aliphatic heterocycles. The molecule has 2 aliphatic carbocycles. The van der Waals surface area contributed by atoms with E-state index >= 15 is 0 Å². The smallest absolute Gasteiger partial charge is 0.337 e. The van der Waals surface area contributed by atoms with Crippen molar-refractivity contribution in [3.05, 3.63) is 41.7 Å². The molecular weight excluding hydrogens is 763 g/mol. The lowest BCUT2D eigenvalue weighted by Crippen LogP contribution is -2.62. The fraction of sp³-hybridized carbons (Fsp3) is 0.643. The van der Waals surface area contributed by atoms with Crippen molar-refractivity contribution >= 4 is 47.4 Å². The molecule has 324 valence electrons.